The molecule has 0 saturated heterocycles. The lowest BCUT2D eigenvalue weighted by Crippen LogP contribution is -2.42. The van der Waals surface area contributed by atoms with Crippen LogP contribution >= 0.6 is 0 Å². The smallest absolute Gasteiger partial charge is 0.335 e. The Balaban J connectivity index is 3.79. The first-order valence-electron chi connectivity index (χ1n) is 8.75. The summed E-state index contributed by atoms with van der Waals surface area (Å²) in [5.41, 5.74) is 0. The third kappa shape index (κ3) is 11.9. The molecule has 0 rings (SSSR count). The highest BCUT2D eigenvalue weighted by Gasteiger charge is 2.33. The van der Waals surface area contributed by atoms with E-state index in [1.165, 1.54) is 51.4 Å². The van der Waals surface area contributed by atoms with Gasteiger partial charge in [0.15, 0.2) is 0 Å². The molecule has 0 radical (unpaired) electrons. The Morgan fingerprint density at radius 1 is 0.700 bits per heavy atom. The second-order valence-electron chi connectivity index (χ2n) is 6.69. The van der Waals surface area contributed by atoms with E-state index in [2.05, 4.69) is 41.2 Å². The minimum Gasteiger partial charge on any atom is -0.392 e. The first-order chi connectivity index (χ1) is 9.39. The Labute approximate surface area is 128 Å². The van der Waals surface area contributed by atoms with Crippen LogP contribution < -0.4 is 0 Å². The Hall–Kier alpha value is 0.137. The van der Waals surface area contributed by atoms with Crippen molar-refractivity contribution in [1.82, 2.24) is 0 Å². The van der Waals surface area contributed by atoms with E-state index in [0.717, 1.165) is 6.04 Å². The van der Waals surface area contributed by atoms with Crippen molar-refractivity contribution in [2.45, 2.75) is 111 Å². The Bertz CT molecular complexity index is 207. The van der Waals surface area contributed by atoms with Crippen molar-refractivity contribution in [2.75, 3.05) is 0 Å². The Morgan fingerprint density at radius 3 is 1.50 bits per heavy atom. The summed E-state index contributed by atoms with van der Waals surface area (Å²) in [6, 6.07) is 1.14. The fourth-order valence-corrected chi connectivity index (χ4v) is 5.90. The third-order valence-corrected chi connectivity index (χ3v) is 6.66. The molecule has 0 aliphatic rings. The maximum Gasteiger partial charge on any atom is 0.335 e. The molecule has 0 amide bonds. The zero-order chi connectivity index (χ0) is 15.4. The number of unbranched alkanes of at least 4 members (excludes halogenated alkanes) is 7. The van der Waals surface area contributed by atoms with Crippen molar-refractivity contribution in [2.24, 2.45) is 0 Å². The highest BCUT2D eigenvalue weighted by molar-refractivity contribution is 6.66. The molecule has 0 fully saturated rings. The minimum atomic E-state index is -1.96. The van der Waals surface area contributed by atoms with E-state index in [9.17, 15) is 0 Å². The summed E-state index contributed by atoms with van der Waals surface area (Å²) in [5.74, 6) is 0. The molecule has 0 atom stereocenters. The lowest BCUT2D eigenvalue weighted by molar-refractivity contribution is 0.109. The number of hydrogen-bond donors (Lipinski definition) is 0. The molecule has 2 nitrogen and oxygen atoms in total. The van der Waals surface area contributed by atoms with Gasteiger partial charge in [-0.2, -0.15) is 0 Å². The SMILES string of the molecule is CCCCCCCCCC[Si](C)(OC(C)C)OC(C)C. The summed E-state index contributed by atoms with van der Waals surface area (Å²) in [7, 11) is -1.96. The van der Waals surface area contributed by atoms with Gasteiger partial charge in [-0.1, -0.05) is 58.3 Å². The van der Waals surface area contributed by atoms with Gasteiger partial charge in [0, 0.05) is 12.2 Å². The minimum absolute atomic E-state index is 0.277. The van der Waals surface area contributed by atoms with E-state index in [-0.39, 0.29) is 12.2 Å². The van der Waals surface area contributed by atoms with Crippen LogP contribution in [0.3, 0.4) is 0 Å². The lowest BCUT2D eigenvalue weighted by Gasteiger charge is -2.31. The molecule has 0 aromatic heterocycles. The fraction of sp³-hybridized carbons (Fsp3) is 1.00. The lowest BCUT2D eigenvalue weighted by atomic mass is 10.1. The van der Waals surface area contributed by atoms with Gasteiger partial charge in [0.05, 0.1) is 0 Å². The molecule has 0 saturated carbocycles. The van der Waals surface area contributed by atoms with Gasteiger partial charge in [-0.25, -0.2) is 0 Å². The van der Waals surface area contributed by atoms with Crippen LogP contribution in [0.4, 0.5) is 0 Å². The summed E-state index contributed by atoms with van der Waals surface area (Å²) in [6.07, 6.45) is 11.5. The molecule has 0 aromatic carbocycles. The highest BCUT2D eigenvalue weighted by Crippen LogP contribution is 2.22. The fourth-order valence-electron chi connectivity index (χ4n) is 2.72. The molecule has 0 spiro atoms. The molecule has 3 heteroatoms. The molecule has 0 N–H and O–H groups in total. The number of hydrogen-bond acceptors (Lipinski definition) is 2. The van der Waals surface area contributed by atoms with Crippen molar-refractivity contribution in [3.05, 3.63) is 0 Å². The maximum atomic E-state index is 6.12. The summed E-state index contributed by atoms with van der Waals surface area (Å²) in [4.78, 5) is 0. The standard InChI is InChI=1S/C17H38O2Si/c1-7-8-9-10-11-12-13-14-15-20(6,18-16(2)3)19-17(4)5/h16-17H,7-15H2,1-6H3. The quantitative estimate of drug-likeness (QED) is 0.304. The molecule has 0 bridgehead atoms. The van der Waals surface area contributed by atoms with E-state index in [1.54, 1.807) is 0 Å². The van der Waals surface area contributed by atoms with Crippen LogP contribution in [0, 0.1) is 0 Å². The second kappa shape index (κ2) is 11.8. The maximum absolute atomic E-state index is 6.12. The largest absolute Gasteiger partial charge is 0.392 e. The zero-order valence-electron chi connectivity index (χ0n) is 14.8. The van der Waals surface area contributed by atoms with Gasteiger partial charge in [-0.15, -0.1) is 0 Å². The first kappa shape index (κ1) is 20.1. The zero-order valence-corrected chi connectivity index (χ0v) is 15.8. The molecule has 122 valence electrons. The topological polar surface area (TPSA) is 18.5 Å². The van der Waals surface area contributed by atoms with Gasteiger partial charge in [0.25, 0.3) is 0 Å². The van der Waals surface area contributed by atoms with Gasteiger partial charge in [0.2, 0.25) is 0 Å². The molecule has 0 aliphatic heterocycles. The molecule has 0 aromatic rings. The Morgan fingerprint density at radius 2 is 1.10 bits per heavy atom. The van der Waals surface area contributed by atoms with Crippen molar-refractivity contribution in [3.63, 3.8) is 0 Å². The Kier molecular flexibility index (Phi) is 11.8. The van der Waals surface area contributed by atoms with Crippen LogP contribution in [0.25, 0.3) is 0 Å². The average Bonchev–Trinajstić information content (AvgIpc) is 2.30. The van der Waals surface area contributed by atoms with E-state index in [1.807, 2.05) is 0 Å². The normalized spacial score (nSPS) is 12.6. The summed E-state index contributed by atoms with van der Waals surface area (Å²) in [6.45, 7) is 13.0. The predicted molar refractivity (Wildman–Crippen MR) is 91.5 cm³/mol. The van der Waals surface area contributed by atoms with Gasteiger partial charge in [0.1, 0.15) is 0 Å². The van der Waals surface area contributed by atoms with Crippen molar-refractivity contribution in [1.29, 1.82) is 0 Å². The third-order valence-electron chi connectivity index (χ3n) is 3.45. The van der Waals surface area contributed by atoms with Crippen molar-refractivity contribution in [3.8, 4) is 0 Å². The first-order valence-corrected chi connectivity index (χ1v) is 11.3. The molecular weight excluding hydrogens is 264 g/mol. The molecule has 0 unspecified atom stereocenters. The molecular formula is C17H38O2Si. The highest BCUT2D eigenvalue weighted by atomic mass is 28.4. The molecule has 0 aliphatic carbocycles. The summed E-state index contributed by atoms with van der Waals surface area (Å²) in [5, 5.41) is 0. The summed E-state index contributed by atoms with van der Waals surface area (Å²) < 4.78 is 12.2. The van der Waals surface area contributed by atoms with E-state index >= 15 is 0 Å². The van der Waals surface area contributed by atoms with Gasteiger partial charge >= 0.3 is 8.56 Å². The summed E-state index contributed by atoms with van der Waals surface area (Å²) >= 11 is 0. The van der Waals surface area contributed by atoms with Crippen LogP contribution in [0.2, 0.25) is 12.6 Å². The van der Waals surface area contributed by atoms with E-state index < -0.39 is 8.56 Å². The molecule has 20 heavy (non-hydrogen) atoms. The molecule has 0 heterocycles. The van der Waals surface area contributed by atoms with Crippen molar-refractivity contribution < 1.29 is 8.85 Å². The monoisotopic (exact) mass is 302 g/mol. The van der Waals surface area contributed by atoms with E-state index in [0.29, 0.717) is 0 Å². The average molecular weight is 303 g/mol. The van der Waals surface area contributed by atoms with E-state index in [4.69, 9.17) is 8.85 Å². The van der Waals surface area contributed by atoms with Gasteiger partial charge in [-0.05, 0) is 40.3 Å². The van der Waals surface area contributed by atoms with Crippen molar-refractivity contribution >= 4 is 8.56 Å². The van der Waals surface area contributed by atoms with Gasteiger partial charge < -0.3 is 8.85 Å². The predicted octanol–water partition coefficient (Wildman–Crippen LogP) is 6.05. The second-order valence-corrected chi connectivity index (χ2v) is 9.93. The van der Waals surface area contributed by atoms with Crippen LogP contribution in [0.15, 0.2) is 0 Å². The number of rotatable bonds is 13. The van der Waals surface area contributed by atoms with Crippen LogP contribution in [-0.2, 0) is 8.85 Å². The van der Waals surface area contributed by atoms with Crippen LogP contribution in [0.5, 0.6) is 0 Å². The van der Waals surface area contributed by atoms with Crippen LogP contribution in [0.1, 0.15) is 86.0 Å². The van der Waals surface area contributed by atoms with Crippen LogP contribution in [-0.4, -0.2) is 20.8 Å². The van der Waals surface area contributed by atoms with Gasteiger partial charge in [-0.3, -0.25) is 0 Å².